The van der Waals surface area contributed by atoms with Crippen LogP contribution < -0.4 is 5.32 Å². The minimum absolute atomic E-state index is 0. The molecule has 2 aliphatic heterocycles. The van der Waals surface area contributed by atoms with Gasteiger partial charge in [0.05, 0.1) is 12.2 Å². The number of nitrogens with one attached hydrogen (secondary N) is 1. The van der Waals surface area contributed by atoms with Gasteiger partial charge in [0.15, 0.2) is 5.96 Å². The number of ether oxygens (including phenoxy) is 3. The molecule has 7 heteroatoms. The normalized spacial score (nSPS) is 22.5. The van der Waals surface area contributed by atoms with E-state index in [9.17, 15) is 0 Å². The van der Waals surface area contributed by atoms with Crippen molar-refractivity contribution in [2.45, 2.75) is 58.2 Å². The van der Waals surface area contributed by atoms with Gasteiger partial charge in [-0.15, -0.1) is 24.0 Å². The maximum atomic E-state index is 6.19. The summed E-state index contributed by atoms with van der Waals surface area (Å²) in [6.07, 6.45) is 5.85. The molecule has 182 valence electrons. The molecule has 2 aliphatic rings. The first-order chi connectivity index (χ1) is 15.2. The van der Waals surface area contributed by atoms with Gasteiger partial charge in [-0.25, -0.2) is 0 Å². The third-order valence-electron chi connectivity index (χ3n) is 6.25. The summed E-state index contributed by atoms with van der Waals surface area (Å²) in [6, 6.07) is 8.79. The maximum absolute atomic E-state index is 6.19. The van der Waals surface area contributed by atoms with Crippen molar-refractivity contribution in [3.05, 3.63) is 35.4 Å². The summed E-state index contributed by atoms with van der Waals surface area (Å²) in [5, 5.41) is 3.51. The van der Waals surface area contributed by atoms with Gasteiger partial charge in [0, 0.05) is 59.0 Å². The van der Waals surface area contributed by atoms with Crippen LogP contribution in [0.4, 0.5) is 0 Å². The summed E-state index contributed by atoms with van der Waals surface area (Å²) in [6.45, 7) is 10.3. The smallest absolute Gasteiger partial charge is 0.193 e. The second kappa shape index (κ2) is 15.1. The fourth-order valence-electron chi connectivity index (χ4n) is 4.47. The first-order valence-electron chi connectivity index (χ1n) is 12.0. The Morgan fingerprint density at radius 2 is 1.91 bits per heavy atom. The third kappa shape index (κ3) is 8.47. The topological polar surface area (TPSA) is 55.3 Å². The average Bonchev–Trinajstić information content (AvgIpc) is 2.81. The van der Waals surface area contributed by atoms with Crippen molar-refractivity contribution in [1.29, 1.82) is 0 Å². The van der Waals surface area contributed by atoms with Gasteiger partial charge in [-0.2, -0.15) is 0 Å². The van der Waals surface area contributed by atoms with Crippen LogP contribution in [0.1, 0.15) is 56.3 Å². The number of rotatable bonds is 9. The maximum Gasteiger partial charge on any atom is 0.193 e. The van der Waals surface area contributed by atoms with E-state index >= 15 is 0 Å². The van der Waals surface area contributed by atoms with Crippen molar-refractivity contribution in [2.24, 2.45) is 10.9 Å². The molecule has 0 spiro atoms. The fraction of sp³-hybridized carbons (Fsp3) is 0.720. The molecule has 3 rings (SSSR count). The van der Waals surface area contributed by atoms with E-state index < -0.39 is 0 Å². The zero-order valence-corrected chi connectivity index (χ0v) is 22.4. The van der Waals surface area contributed by atoms with Crippen molar-refractivity contribution in [1.82, 2.24) is 10.2 Å². The van der Waals surface area contributed by atoms with Crippen LogP contribution in [0.25, 0.3) is 0 Å². The van der Waals surface area contributed by atoms with Crippen LogP contribution >= 0.6 is 24.0 Å². The summed E-state index contributed by atoms with van der Waals surface area (Å²) in [4.78, 5) is 7.45. The number of nitrogens with zero attached hydrogens (tertiary/aromatic N) is 2. The minimum atomic E-state index is 0. The zero-order valence-electron chi connectivity index (χ0n) is 20.1. The van der Waals surface area contributed by atoms with Crippen molar-refractivity contribution in [3.8, 4) is 0 Å². The highest BCUT2D eigenvalue weighted by Crippen LogP contribution is 2.34. The Morgan fingerprint density at radius 3 is 2.59 bits per heavy atom. The largest absolute Gasteiger partial charge is 0.385 e. The predicted molar refractivity (Wildman–Crippen MR) is 141 cm³/mol. The van der Waals surface area contributed by atoms with Gasteiger partial charge in [-0.3, -0.25) is 4.99 Å². The number of benzene rings is 1. The Kier molecular flexibility index (Phi) is 12.9. The minimum Gasteiger partial charge on any atom is -0.385 e. The van der Waals surface area contributed by atoms with E-state index in [0.29, 0.717) is 12.0 Å². The number of methoxy groups -OCH3 is 1. The van der Waals surface area contributed by atoms with Crippen LogP contribution in [0.5, 0.6) is 0 Å². The zero-order chi connectivity index (χ0) is 21.9. The molecule has 1 N–H and O–H groups in total. The molecule has 2 heterocycles. The van der Waals surface area contributed by atoms with Crippen molar-refractivity contribution >= 4 is 29.9 Å². The van der Waals surface area contributed by atoms with Crippen LogP contribution in [-0.2, 0) is 14.2 Å². The second-order valence-electron chi connectivity index (χ2n) is 8.70. The van der Waals surface area contributed by atoms with E-state index in [0.717, 1.165) is 77.6 Å². The molecule has 6 nitrogen and oxygen atoms in total. The summed E-state index contributed by atoms with van der Waals surface area (Å²) in [7, 11) is 1.74. The number of hydrogen-bond donors (Lipinski definition) is 1. The average molecular weight is 560 g/mol. The lowest BCUT2D eigenvalue weighted by Crippen LogP contribution is -2.47. The van der Waals surface area contributed by atoms with E-state index in [2.05, 4.69) is 48.3 Å². The van der Waals surface area contributed by atoms with E-state index in [1.807, 2.05) is 0 Å². The summed E-state index contributed by atoms with van der Waals surface area (Å²) >= 11 is 0. The number of guanidine groups is 1. The van der Waals surface area contributed by atoms with Crippen LogP contribution in [0.2, 0.25) is 0 Å². The number of piperidine rings is 1. The molecule has 0 amide bonds. The number of hydrogen-bond acceptors (Lipinski definition) is 4. The van der Waals surface area contributed by atoms with Crippen LogP contribution in [-0.4, -0.2) is 70.1 Å². The lowest BCUT2D eigenvalue weighted by atomic mass is 9.89. The van der Waals surface area contributed by atoms with Crippen molar-refractivity contribution in [3.63, 3.8) is 0 Å². The Bertz CT molecular complexity index is 663. The van der Waals surface area contributed by atoms with Crippen molar-refractivity contribution in [2.75, 3.05) is 53.1 Å². The van der Waals surface area contributed by atoms with Gasteiger partial charge < -0.3 is 24.4 Å². The van der Waals surface area contributed by atoms with Crippen LogP contribution in [0.15, 0.2) is 29.3 Å². The number of aryl methyl sites for hydroxylation is 1. The van der Waals surface area contributed by atoms with Gasteiger partial charge >= 0.3 is 0 Å². The van der Waals surface area contributed by atoms with E-state index in [-0.39, 0.29) is 30.1 Å². The molecule has 1 aromatic rings. The highest BCUT2D eigenvalue weighted by molar-refractivity contribution is 14.0. The Balaban J connectivity index is 0.00000363. The highest BCUT2D eigenvalue weighted by Gasteiger charge is 2.28. The third-order valence-corrected chi connectivity index (χ3v) is 6.25. The predicted octanol–water partition coefficient (Wildman–Crippen LogP) is 4.56. The summed E-state index contributed by atoms with van der Waals surface area (Å²) in [5.41, 5.74) is 2.57. The Hall–Kier alpha value is -0.900. The van der Waals surface area contributed by atoms with Crippen LogP contribution in [0, 0.1) is 12.8 Å². The molecular weight excluding hydrogens is 517 g/mol. The molecule has 0 aromatic heterocycles. The quantitative estimate of drug-likeness (QED) is 0.208. The molecule has 2 atom stereocenters. The fourth-order valence-corrected chi connectivity index (χ4v) is 4.47. The Labute approximate surface area is 211 Å². The molecule has 32 heavy (non-hydrogen) atoms. The highest BCUT2D eigenvalue weighted by atomic mass is 127. The lowest BCUT2D eigenvalue weighted by Gasteiger charge is -2.35. The molecule has 0 aliphatic carbocycles. The van der Waals surface area contributed by atoms with Crippen LogP contribution in [0.3, 0.4) is 0 Å². The Morgan fingerprint density at radius 1 is 1.16 bits per heavy atom. The molecule has 0 radical (unpaired) electrons. The SMILES string of the molecule is CCNC(=NCC1CCCOC1c1ccc(C)cc1)N1CCC(OCCCOC)CC1.I. The first kappa shape index (κ1) is 27.3. The lowest BCUT2D eigenvalue weighted by molar-refractivity contribution is -0.0251. The summed E-state index contributed by atoms with van der Waals surface area (Å²) in [5.74, 6) is 1.46. The molecular formula is C25H42IN3O3. The van der Waals surface area contributed by atoms with Gasteiger partial charge in [0.1, 0.15) is 0 Å². The van der Waals surface area contributed by atoms with E-state index in [4.69, 9.17) is 19.2 Å². The van der Waals surface area contributed by atoms with E-state index in [1.54, 1.807) is 7.11 Å². The molecule has 0 bridgehead atoms. The summed E-state index contributed by atoms with van der Waals surface area (Å²) < 4.78 is 17.3. The molecule has 1 aromatic carbocycles. The molecule has 2 saturated heterocycles. The molecule has 0 saturated carbocycles. The van der Waals surface area contributed by atoms with Crippen molar-refractivity contribution < 1.29 is 14.2 Å². The number of aliphatic imine (C=N–C) groups is 1. The monoisotopic (exact) mass is 559 g/mol. The molecule has 2 unspecified atom stereocenters. The first-order valence-corrected chi connectivity index (χ1v) is 12.0. The van der Waals surface area contributed by atoms with E-state index in [1.165, 1.54) is 17.5 Å². The number of likely N-dealkylation sites (tertiary alicyclic amines) is 1. The van der Waals surface area contributed by atoms with Gasteiger partial charge in [0.25, 0.3) is 0 Å². The standard InChI is InChI=1S/C25H41N3O3.HI/c1-4-26-25(28-14-12-23(13-15-28)30-18-6-16-29-3)27-19-22-7-5-17-31-24(22)21-10-8-20(2)9-11-21;/h8-11,22-24H,4-7,12-19H2,1-3H3,(H,26,27);1H. The number of halogens is 1. The molecule has 2 fully saturated rings. The van der Waals surface area contributed by atoms with Gasteiger partial charge in [0.2, 0.25) is 0 Å². The second-order valence-corrected chi connectivity index (χ2v) is 8.70. The van der Waals surface area contributed by atoms with Gasteiger partial charge in [-0.05, 0) is 51.5 Å². The van der Waals surface area contributed by atoms with Gasteiger partial charge in [-0.1, -0.05) is 29.8 Å².